The van der Waals surface area contributed by atoms with Gasteiger partial charge in [0.05, 0.1) is 11.9 Å². The van der Waals surface area contributed by atoms with Crippen molar-refractivity contribution in [1.82, 2.24) is 4.98 Å². The first kappa shape index (κ1) is 10.2. The normalized spacial score (nSPS) is 24.7. The maximum Gasteiger partial charge on any atom is 0.132 e. The summed E-state index contributed by atoms with van der Waals surface area (Å²) in [7, 11) is 0. The zero-order valence-corrected chi connectivity index (χ0v) is 9.93. The highest BCUT2D eigenvalue weighted by Crippen LogP contribution is 2.29. The molecule has 0 saturated heterocycles. The summed E-state index contributed by atoms with van der Waals surface area (Å²) in [5.41, 5.74) is 3.76. The van der Waals surface area contributed by atoms with E-state index in [-0.39, 0.29) is 5.38 Å². The zero-order chi connectivity index (χ0) is 11.0. The van der Waals surface area contributed by atoms with Crippen molar-refractivity contribution in [2.45, 2.75) is 31.1 Å². The van der Waals surface area contributed by atoms with Crippen LogP contribution in [0.15, 0.2) is 28.9 Å². The van der Waals surface area contributed by atoms with Crippen molar-refractivity contribution < 1.29 is 0 Å². The largest absolute Gasteiger partial charge is 0.346 e. The first-order chi connectivity index (χ1) is 7.86. The van der Waals surface area contributed by atoms with Crippen LogP contribution in [0.3, 0.4) is 0 Å². The van der Waals surface area contributed by atoms with Gasteiger partial charge in [-0.05, 0) is 42.9 Å². The van der Waals surface area contributed by atoms with Gasteiger partial charge in [-0.3, -0.25) is 4.99 Å². The highest BCUT2D eigenvalue weighted by molar-refractivity contribution is 6.26. The first-order valence-electron chi connectivity index (χ1n) is 5.92. The minimum Gasteiger partial charge on any atom is -0.346 e. The van der Waals surface area contributed by atoms with Gasteiger partial charge in [0.2, 0.25) is 0 Å². The Kier molecular flexibility index (Phi) is 2.60. The second-order valence-corrected chi connectivity index (χ2v) is 4.96. The van der Waals surface area contributed by atoms with Crippen molar-refractivity contribution in [2.24, 2.45) is 4.99 Å². The predicted octanol–water partition coefficient (Wildman–Crippen LogP) is 1.91. The topological polar surface area (TPSA) is 28.1 Å². The molecule has 1 aliphatic heterocycles. The van der Waals surface area contributed by atoms with E-state index in [1.807, 2.05) is 6.20 Å². The van der Waals surface area contributed by atoms with Crippen LogP contribution in [0.25, 0.3) is 5.57 Å². The molecular formula is C13H15ClN2. The van der Waals surface area contributed by atoms with Gasteiger partial charge in [-0.15, -0.1) is 11.6 Å². The molecule has 2 nitrogen and oxygen atoms in total. The van der Waals surface area contributed by atoms with Gasteiger partial charge in [-0.1, -0.05) is 6.08 Å². The van der Waals surface area contributed by atoms with Gasteiger partial charge in [0.15, 0.2) is 0 Å². The Morgan fingerprint density at radius 1 is 1.38 bits per heavy atom. The van der Waals surface area contributed by atoms with Crippen LogP contribution in [0.1, 0.15) is 25.7 Å². The van der Waals surface area contributed by atoms with E-state index in [0.29, 0.717) is 6.54 Å². The van der Waals surface area contributed by atoms with Crippen molar-refractivity contribution in [1.29, 1.82) is 0 Å². The fourth-order valence-electron chi connectivity index (χ4n) is 2.60. The Morgan fingerprint density at radius 3 is 3.12 bits per heavy atom. The zero-order valence-electron chi connectivity index (χ0n) is 9.17. The van der Waals surface area contributed by atoms with E-state index in [1.165, 1.54) is 42.0 Å². The molecule has 0 saturated carbocycles. The molecule has 2 heterocycles. The fraction of sp³-hybridized carbons (Fsp3) is 0.462. The third-order valence-corrected chi connectivity index (χ3v) is 3.73. The van der Waals surface area contributed by atoms with Crippen LogP contribution in [0, 0.1) is 0 Å². The summed E-state index contributed by atoms with van der Waals surface area (Å²) < 4.78 is 0. The summed E-state index contributed by atoms with van der Waals surface area (Å²) in [6.45, 7) is 0.696. The lowest BCUT2D eigenvalue weighted by Crippen LogP contribution is -2.35. The summed E-state index contributed by atoms with van der Waals surface area (Å²) in [6, 6.07) is 2.10. The molecule has 0 fully saturated rings. The number of halogens is 1. The molecule has 1 atom stereocenters. The monoisotopic (exact) mass is 234 g/mol. The third kappa shape index (κ3) is 1.61. The van der Waals surface area contributed by atoms with Gasteiger partial charge < -0.3 is 4.98 Å². The van der Waals surface area contributed by atoms with Crippen LogP contribution in [0.2, 0.25) is 0 Å². The minimum atomic E-state index is 0.0487. The van der Waals surface area contributed by atoms with E-state index in [2.05, 4.69) is 22.1 Å². The van der Waals surface area contributed by atoms with Gasteiger partial charge in [0.25, 0.3) is 0 Å². The quantitative estimate of drug-likeness (QED) is 0.720. The van der Waals surface area contributed by atoms with Gasteiger partial charge in [0.1, 0.15) is 5.49 Å². The number of nitrogens with zero attached hydrogens (tertiary/aromatic N) is 1. The number of aromatic amines is 1. The Labute approximate surface area is 99.7 Å². The minimum absolute atomic E-state index is 0.0487. The van der Waals surface area contributed by atoms with E-state index < -0.39 is 0 Å². The molecule has 1 aliphatic carbocycles. The lowest BCUT2D eigenvalue weighted by atomic mass is 9.90. The van der Waals surface area contributed by atoms with Crippen LogP contribution in [0.4, 0.5) is 0 Å². The Balaban J connectivity index is 2.21. The molecule has 1 aromatic heterocycles. The van der Waals surface area contributed by atoms with E-state index in [4.69, 9.17) is 11.6 Å². The van der Waals surface area contributed by atoms with Gasteiger partial charge in [-0.25, -0.2) is 0 Å². The lowest BCUT2D eigenvalue weighted by molar-refractivity contribution is 0.709. The SMILES string of the molecule is ClC1CN=c2[nH]ccc2=C1C1=CCCCC1. The van der Waals surface area contributed by atoms with E-state index in [0.717, 1.165) is 5.49 Å². The molecular weight excluding hydrogens is 220 g/mol. The summed E-state index contributed by atoms with van der Waals surface area (Å²) in [5, 5.41) is 1.26. The van der Waals surface area contributed by atoms with Crippen molar-refractivity contribution in [3.63, 3.8) is 0 Å². The molecule has 16 heavy (non-hydrogen) atoms. The van der Waals surface area contributed by atoms with Crippen LogP contribution in [-0.2, 0) is 0 Å². The first-order valence-corrected chi connectivity index (χ1v) is 6.35. The summed E-state index contributed by atoms with van der Waals surface area (Å²) in [4.78, 5) is 7.62. The molecule has 1 N–H and O–H groups in total. The van der Waals surface area contributed by atoms with Crippen LogP contribution < -0.4 is 10.7 Å². The average Bonchev–Trinajstić information content (AvgIpc) is 2.78. The van der Waals surface area contributed by atoms with Gasteiger partial charge >= 0.3 is 0 Å². The number of hydrogen-bond acceptors (Lipinski definition) is 1. The van der Waals surface area contributed by atoms with E-state index in [1.54, 1.807) is 0 Å². The number of H-pyrrole nitrogens is 1. The smallest absolute Gasteiger partial charge is 0.132 e. The molecule has 0 spiro atoms. The molecule has 3 rings (SSSR count). The Morgan fingerprint density at radius 2 is 2.31 bits per heavy atom. The number of fused-ring (bicyclic) bond motifs is 1. The molecule has 0 bridgehead atoms. The second-order valence-electron chi connectivity index (χ2n) is 4.44. The number of alkyl halides is 1. The second kappa shape index (κ2) is 4.10. The van der Waals surface area contributed by atoms with E-state index in [9.17, 15) is 0 Å². The average molecular weight is 235 g/mol. The molecule has 1 aromatic rings. The summed E-state index contributed by atoms with van der Waals surface area (Å²) in [5.74, 6) is 0. The maximum absolute atomic E-state index is 6.42. The number of nitrogens with one attached hydrogen (secondary N) is 1. The highest BCUT2D eigenvalue weighted by Gasteiger charge is 2.20. The number of rotatable bonds is 1. The van der Waals surface area contributed by atoms with Crippen LogP contribution >= 0.6 is 11.6 Å². The van der Waals surface area contributed by atoms with Crippen molar-refractivity contribution >= 4 is 17.2 Å². The van der Waals surface area contributed by atoms with Crippen molar-refractivity contribution in [3.05, 3.63) is 34.6 Å². The van der Waals surface area contributed by atoms with E-state index >= 15 is 0 Å². The van der Waals surface area contributed by atoms with Gasteiger partial charge in [0, 0.05) is 11.4 Å². The Hall–Kier alpha value is -1.02. The number of allylic oxidation sites excluding steroid dienone is 2. The molecule has 84 valence electrons. The molecule has 1 unspecified atom stereocenters. The lowest BCUT2D eigenvalue weighted by Gasteiger charge is -2.20. The van der Waals surface area contributed by atoms with Gasteiger partial charge in [-0.2, -0.15) is 0 Å². The summed E-state index contributed by atoms with van der Waals surface area (Å²) in [6.07, 6.45) is 9.27. The number of aromatic nitrogens is 1. The maximum atomic E-state index is 6.42. The Bertz CT molecular complexity index is 539. The molecule has 0 radical (unpaired) electrons. The molecule has 0 aromatic carbocycles. The van der Waals surface area contributed by atoms with Crippen molar-refractivity contribution in [2.75, 3.05) is 6.54 Å². The fourth-order valence-corrected chi connectivity index (χ4v) is 2.92. The molecule has 3 heteroatoms. The number of hydrogen-bond donors (Lipinski definition) is 1. The molecule has 2 aliphatic rings. The van der Waals surface area contributed by atoms with Crippen LogP contribution in [0.5, 0.6) is 0 Å². The summed E-state index contributed by atoms with van der Waals surface area (Å²) >= 11 is 6.42. The standard InChI is InChI=1S/C13H15ClN2/c14-11-8-16-13-10(6-7-15-13)12(11)9-4-2-1-3-5-9/h4,6-7,11H,1-3,5,8H2,(H,15,16). The predicted molar refractivity (Wildman–Crippen MR) is 66.0 cm³/mol. The van der Waals surface area contributed by atoms with Crippen LogP contribution in [-0.4, -0.2) is 16.9 Å². The molecule has 0 amide bonds. The highest BCUT2D eigenvalue weighted by atomic mass is 35.5. The third-order valence-electron chi connectivity index (χ3n) is 3.38. The van der Waals surface area contributed by atoms with Crippen molar-refractivity contribution in [3.8, 4) is 0 Å².